The first-order chi connectivity index (χ1) is 13.7. The van der Waals surface area contributed by atoms with Gasteiger partial charge in [-0.3, -0.25) is 9.59 Å². The fourth-order valence-corrected chi connectivity index (χ4v) is 3.16. The predicted molar refractivity (Wildman–Crippen MR) is 117 cm³/mol. The average molecular weight is 390 g/mol. The summed E-state index contributed by atoms with van der Waals surface area (Å²) in [4.78, 5) is 26.3. The molecule has 0 heterocycles. The molecule has 0 bridgehead atoms. The highest BCUT2D eigenvalue weighted by Crippen LogP contribution is 2.16. The molecule has 28 heavy (non-hydrogen) atoms. The largest absolute Gasteiger partial charge is 0.466 e. The van der Waals surface area contributed by atoms with E-state index in [4.69, 9.17) is 4.74 Å². The Morgan fingerprint density at radius 3 is 2.11 bits per heavy atom. The number of anilines is 1. The predicted octanol–water partition coefficient (Wildman–Crippen LogP) is 6.28. The Morgan fingerprint density at radius 2 is 1.43 bits per heavy atom. The van der Waals surface area contributed by atoms with E-state index in [1.54, 1.807) is 0 Å². The van der Waals surface area contributed by atoms with Crippen LogP contribution in [0.25, 0.3) is 0 Å². The lowest BCUT2D eigenvalue weighted by Gasteiger charge is -2.22. The lowest BCUT2D eigenvalue weighted by Crippen LogP contribution is -2.31. The summed E-state index contributed by atoms with van der Waals surface area (Å²) in [5.41, 5.74) is 0.933. The lowest BCUT2D eigenvalue weighted by atomic mass is 10.1. The van der Waals surface area contributed by atoms with Crippen LogP contribution in [0.4, 0.5) is 5.69 Å². The summed E-state index contributed by atoms with van der Waals surface area (Å²) in [6.45, 7) is 5.57. The van der Waals surface area contributed by atoms with Crippen LogP contribution in [0.5, 0.6) is 0 Å². The van der Waals surface area contributed by atoms with E-state index in [9.17, 15) is 9.59 Å². The Balaban J connectivity index is 2.20. The minimum atomic E-state index is -0.182. The molecule has 0 atom stereocenters. The van der Waals surface area contributed by atoms with Gasteiger partial charge in [-0.1, -0.05) is 77.0 Å². The maximum atomic E-state index is 12.6. The van der Waals surface area contributed by atoms with Crippen LogP contribution >= 0.6 is 0 Å². The van der Waals surface area contributed by atoms with Gasteiger partial charge >= 0.3 is 5.97 Å². The van der Waals surface area contributed by atoms with Gasteiger partial charge in [0.1, 0.15) is 0 Å². The number of esters is 1. The van der Waals surface area contributed by atoms with Gasteiger partial charge in [0, 0.05) is 25.1 Å². The first-order valence-electron chi connectivity index (χ1n) is 11.2. The van der Waals surface area contributed by atoms with Crippen LogP contribution in [-0.4, -0.2) is 25.0 Å². The summed E-state index contributed by atoms with van der Waals surface area (Å²) in [5.74, 6) is -0.0990. The first-order valence-corrected chi connectivity index (χ1v) is 11.2. The van der Waals surface area contributed by atoms with E-state index in [0.29, 0.717) is 25.9 Å². The van der Waals surface area contributed by atoms with Crippen molar-refractivity contribution in [3.8, 4) is 0 Å². The number of amides is 1. The van der Waals surface area contributed by atoms with Gasteiger partial charge in [-0.25, -0.2) is 0 Å². The lowest BCUT2D eigenvalue weighted by molar-refractivity contribution is -0.143. The smallest absolute Gasteiger partial charge is 0.305 e. The molecule has 0 unspecified atom stereocenters. The number of hydrogen-bond acceptors (Lipinski definition) is 3. The molecule has 0 aliphatic carbocycles. The zero-order valence-electron chi connectivity index (χ0n) is 18.0. The highest BCUT2D eigenvalue weighted by molar-refractivity contribution is 5.93. The van der Waals surface area contributed by atoms with Crippen molar-refractivity contribution < 1.29 is 14.3 Å². The number of rotatable bonds is 16. The minimum Gasteiger partial charge on any atom is -0.466 e. The van der Waals surface area contributed by atoms with Gasteiger partial charge in [0.05, 0.1) is 6.61 Å². The van der Waals surface area contributed by atoms with E-state index >= 15 is 0 Å². The van der Waals surface area contributed by atoms with Crippen LogP contribution in [0, 0.1) is 0 Å². The van der Waals surface area contributed by atoms with Crippen LogP contribution in [0.3, 0.4) is 0 Å². The Bertz CT molecular complexity index is 530. The van der Waals surface area contributed by atoms with Crippen molar-refractivity contribution in [2.45, 2.75) is 90.9 Å². The molecule has 0 saturated heterocycles. The van der Waals surface area contributed by atoms with Gasteiger partial charge in [0.15, 0.2) is 0 Å². The van der Waals surface area contributed by atoms with Crippen molar-refractivity contribution in [2.75, 3.05) is 18.1 Å². The summed E-state index contributed by atoms with van der Waals surface area (Å²) in [5, 5.41) is 0. The standard InChI is InChI=1S/C24H39NO3/c1-3-5-7-8-9-10-14-21-28-24(27)19-15-18-23(26)25(20-6-4-2)22-16-12-11-13-17-22/h11-13,16-17H,3-10,14-15,18-21H2,1-2H3. The number of para-hydroxylation sites is 1. The molecule has 0 aliphatic rings. The maximum Gasteiger partial charge on any atom is 0.305 e. The average Bonchev–Trinajstić information content (AvgIpc) is 2.71. The topological polar surface area (TPSA) is 46.6 Å². The van der Waals surface area contributed by atoms with Gasteiger partial charge in [-0.2, -0.15) is 0 Å². The molecular formula is C24H39NO3. The van der Waals surface area contributed by atoms with E-state index in [1.807, 2.05) is 35.2 Å². The van der Waals surface area contributed by atoms with E-state index in [1.165, 1.54) is 32.1 Å². The molecule has 158 valence electrons. The number of carbonyl (C=O) groups is 2. The summed E-state index contributed by atoms with van der Waals surface area (Å²) < 4.78 is 5.30. The van der Waals surface area contributed by atoms with Crippen molar-refractivity contribution >= 4 is 17.6 Å². The molecule has 1 amide bonds. The molecule has 0 aromatic heterocycles. The van der Waals surface area contributed by atoms with Crippen molar-refractivity contribution in [1.82, 2.24) is 0 Å². The second kappa shape index (κ2) is 16.1. The molecule has 1 rings (SSSR count). The molecule has 1 aromatic rings. The van der Waals surface area contributed by atoms with Crippen LogP contribution in [0.15, 0.2) is 30.3 Å². The second-order valence-corrected chi connectivity index (χ2v) is 7.43. The summed E-state index contributed by atoms with van der Waals surface area (Å²) in [7, 11) is 0. The minimum absolute atomic E-state index is 0.0829. The zero-order chi connectivity index (χ0) is 20.5. The van der Waals surface area contributed by atoms with E-state index in [-0.39, 0.29) is 11.9 Å². The molecule has 4 heteroatoms. The van der Waals surface area contributed by atoms with Gasteiger partial charge in [0.25, 0.3) is 0 Å². The number of hydrogen-bond donors (Lipinski definition) is 0. The van der Waals surface area contributed by atoms with Crippen LogP contribution in [0.1, 0.15) is 90.9 Å². The normalized spacial score (nSPS) is 10.6. The number of nitrogens with zero attached hydrogens (tertiary/aromatic N) is 1. The molecule has 1 aromatic carbocycles. The summed E-state index contributed by atoms with van der Waals surface area (Å²) in [6, 6.07) is 9.77. The van der Waals surface area contributed by atoms with Crippen molar-refractivity contribution in [1.29, 1.82) is 0 Å². The van der Waals surface area contributed by atoms with Gasteiger partial charge in [-0.05, 0) is 31.4 Å². The maximum absolute atomic E-state index is 12.6. The number of unbranched alkanes of at least 4 members (excludes halogenated alkanes) is 7. The quantitative estimate of drug-likeness (QED) is 0.247. The van der Waals surface area contributed by atoms with Crippen LogP contribution in [-0.2, 0) is 14.3 Å². The fraction of sp³-hybridized carbons (Fsp3) is 0.667. The third-order valence-electron chi connectivity index (χ3n) is 4.89. The van der Waals surface area contributed by atoms with E-state index in [2.05, 4.69) is 13.8 Å². The molecule has 0 spiro atoms. The fourth-order valence-electron chi connectivity index (χ4n) is 3.16. The molecule has 4 nitrogen and oxygen atoms in total. The van der Waals surface area contributed by atoms with Crippen LogP contribution < -0.4 is 4.90 Å². The summed E-state index contributed by atoms with van der Waals surface area (Å²) >= 11 is 0. The molecule has 0 N–H and O–H groups in total. The Labute approximate surface area is 171 Å². The van der Waals surface area contributed by atoms with E-state index < -0.39 is 0 Å². The zero-order valence-corrected chi connectivity index (χ0v) is 18.0. The van der Waals surface area contributed by atoms with Gasteiger partial charge < -0.3 is 9.64 Å². The molecule has 0 fully saturated rings. The van der Waals surface area contributed by atoms with Crippen LogP contribution in [0.2, 0.25) is 0 Å². The third kappa shape index (κ3) is 11.1. The Morgan fingerprint density at radius 1 is 0.786 bits per heavy atom. The highest BCUT2D eigenvalue weighted by atomic mass is 16.5. The number of carbonyl (C=O) groups excluding carboxylic acids is 2. The number of benzene rings is 1. The molecular weight excluding hydrogens is 350 g/mol. The van der Waals surface area contributed by atoms with E-state index in [0.717, 1.165) is 37.9 Å². The molecule has 0 radical (unpaired) electrons. The number of ether oxygens (including phenoxy) is 1. The first kappa shape index (κ1) is 24.2. The monoisotopic (exact) mass is 389 g/mol. The van der Waals surface area contributed by atoms with Crippen molar-refractivity contribution in [3.05, 3.63) is 30.3 Å². The Kier molecular flexibility index (Phi) is 14.0. The SMILES string of the molecule is CCCCCCCCCOC(=O)CCCC(=O)N(CCCC)c1ccccc1. The van der Waals surface area contributed by atoms with Gasteiger partial charge in [-0.15, -0.1) is 0 Å². The second-order valence-electron chi connectivity index (χ2n) is 7.43. The molecule has 0 saturated carbocycles. The highest BCUT2D eigenvalue weighted by Gasteiger charge is 2.15. The molecule has 0 aliphatic heterocycles. The van der Waals surface area contributed by atoms with Crippen molar-refractivity contribution in [3.63, 3.8) is 0 Å². The van der Waals surface area contributed by atoms with Gasteiger partial charge in [0.2, 0.25) is 5.91 Å². The van der Waals surface area contributed by atoms with Crippen molar-refractivity contribution in [2.24, 2.45) is 0 Å². The third-order valence-corrected chi connectivity index (χ3v) is 4.89. The summed E-state index contributed by atoms with van der Waals surface area (Å²) in [6.07, 6.45) is 11.7. The Hall–Kier alpha value is -1.84.